The molecule has 0 unspecified atom stereocenters. The third-order valence-electron chi connectivity index (χ3n) is 0. The number of hydrogen-bond acceptors (Lipinski definition) is 5. The minimum absolute atomic E-state index is 0. The molecule has 11 heteroatoms. The van der Waals surface area contributed by atoms with Gasteiger partial charge in [-0.15, -0.1) is 0 Å². The molecule has 0 rings (SSSR count). The molecule has 0 heterocycles. The minimum Gasteiger partial charge on any atom is -1.00 e. The summed E-state index contributed by atoms with van der Waals surface area (Å²) in [5, 5.41) is 30.1. The van der Waals surface area contributed by atoms with Gasteiger partial charge in [-0.05, 0) is 0 Å². The Balaban J connectivity index is -0.0000000112. The number of carbonyl (C=O) groups is 1. The van der Waals surface area contributed by atoms with Gasteiger partial charge in [0.25, 0.3) is 0 Å². The van der Waals surface area contributed by atoms with Crippen LogP contribution in [-0.4, -0.2) is 16.3 Å². The number of nitrogens with zero attached hydrogens (tertiary/aromatic N) is 1. The first kappa shape index (κ1) is 37.2. The van der Waals surface area contributed by atoms with E-state index in [9.17, 15) is 0 Å². The molecule has 0 aliphatic rings. The van der Waals surface area contributed by atoms with Gasteiger partial charge >= 0.3 is 88.7 Å². The van der Waals surface area contributed by atoms with Crippen LogP contribution in [0.2, 0.25) is 0 Å². The third-order valence-corrected chi connectivity index (χ3v) is 0. The van der Waals surface area contributed by atoms with Crippen LogP contribution in [0.3, 0.4) is 0 Å². The summed E-state index contributed by atoms with van der Waals surface area (Å²) in [4.78, 5) is 16.7. The molecule has 0 saturated heterocycles. The van der Waals surface area contributed by atoms with Crippen LogP contribution < -0.4 is 106 Å². The Morgan fingerprint density at radius 2 is 1.17 bits per heavy atom. The minimum atomic E-state index is -2.08. The average Bonchev–Trinajstić information content (AvgIpc) is 1.25. The third kappa shape index (κ3) is 440. The second-order valence-corrected chi connectivity index (χ2v) is 0.490. The predicted molar refractivity (Wildman–Crippen MR) is 18.4 cm³/mol. The molecule has 0 amide bonds. The van der Waals surface area contributed by atoms with Crippen molar-refractivity contribution in [3.63, 3.8) is 0 Å². The summed E-state index contributed by atoms with van der Waals surface area (Å²) in [6, 6.07) is 0. The molecular formula is CHClNNa3O6. The van der Waals surface area contributed by atoms with Crippen molar-refractivity contribution in [1.82, 2.24) is 0 Å². The van der Waals surface area contributed by atoms with Crippen LogP contribution in [0.5, 0.6) is 0 Å². The Morgan fingerprint density at radius 1 is 1.17 bits per heavy atom. The smallest absolute Gasteiger partial charge is 1.00 e. The molecule has 0 aliphatic heterocycles. The SMILES string of the molecule is O=C([O-])O.O=[N+]([O-])[O-].[Cl-].[Na+].[Na+].[Na+]. The van der Waals surface area contributed by atoms with E-state index in [1.165, 1.54) is 0 Å². The fourth-order valence-corrected chi connectivity index (χ4v) is 0. The molecular weight excluding hydrogens is 226 g/mol. The first-order valence-corrected chi connectivity index (χ1v) is 1.18. The van der Waals surface area contributed by atoms with E-state index in [4.69, 9.17) is 30.3 Å². The second kappa shape index (κ2) is 29.3. The van der Waals surface area contributed by atoms with Crippen molar-refractivity contribution in [2.75, 3.05) is 0 Å². The average molecular weight is 227 g/mol. The van der Waals surface area contributed by atoms with Crippen LogP contribution in [0.1, 0.15) is 0 Å². The van der Waals surface area contributed by atoms with Crippen LogP contribution >= 0.6 is 0 Å². The molecule has 0 atom stereocenters. The van der Waals surface area contributed by atoms with E-state index >= 15 is 0 Å². The van der Waals surface area contributed by atoms with Crippen LogP contribution in [-0.2, 0) is 0 Å². The van der Waals surface area contributed by atoms with Crippen molar-refractivity contribution in [2.45, 2.75) is 0 Å². The molecule has 0 aromatic rings. The van der Waals surface area contributed by atoms with Gasteiger partial charge in [-0.3, -0.25) is 0 Å². The van der Waals surface area contributed by atoms with Gasteiger partial charge in [0, 0.05) is 0 Å². The van der Waals surface area contributed by atoms with Gasteiger partial charge in [0.05, 0.1) is 5.09 Å². The van der Waals surface area contributed by atoms with Crippen molar-refractivity contribution in [3.8, 4) is 0 Å². The summed E-state index contributed by atoms with van der Waals surface area (Å²) in [5.74, 6) is 0. The first-order valence-electron chi connectivity index (χ1n) is 1.18. The zero-order chi connectivity index (χ0) is 7.15. The van der Waals surface area contributed by atoms with E-state index < -0.39 is 11.2 Å². The summed E-state index contributed by atoms with van der Waals surface area (Å²) < 4.78 is 0. The van der Waals surface area contributed by atoms with Gasteiger partial charge in [0.1, 0.15) is 0 Å². The summed E-state index contributed by atoms with van der Waals surface area (Å²) in [6.07, 6.45) is -2.08. The van der Waals surface area contributed by atoms with Crippen molar-refractivity contribution in [3.05, 3.63) is 15.3 Å². The topological polar surface area (TPSA) is 127 Å². The molecule has 0 saturated carbocycles. The summed E-state index contributed by atoms with van der Waals surface area (Å²) in [6.45, 7) is 0. The van der Waals surface area contributed by atoms with Crippen molar-refractivity contribution in [1.29, 1.82) is 0 Å². The standard InChI is InChI=1S/CH2O3.ClH.NO3.3Na/c2-1(3)4;;2-1(3)4;;;/h(H2,2,3,4);1H;;;;/q;;-1;3*+1/p-2. The Hall–Kier alpha value is 1.76. The van der Waals surface area contributed by atoms with Crippen LogP contribution in [0.15, 0.2) is 0 Å². The Bertz CT molecular complexity index is 80.8. The molecule has 56 valence electrons. The number of hydrogen-bond donors (Lipinski definition) is 1. The van der Waals surface area contributed by atoms with Crippen molar-refractivity contribution in [2.24, 2.45) is 0 Å². The van der Waals surface area contributed by atoms with E-state index in [-0.39, 0.29) is 101 Å². The molecule has 0 aromatic carbocycles. The van der Waals surface area contributed by atoms with Gasteiger partial charge < -0.3 is 42.7 Å². The zero-order valence-electron chi connectivity index (χ0n) is 6.81. The van der Waals surface area contributed by atoms with E-state index in [1.807, 2.05) is 0 Å². The first-order chi connectivity index (χ1) is 3.46. The largest absolute Gasteiger partial charge is 1.00 e. The van der Waals surface area contributed by atoms with Gasteiger partial charge in [-0.25, -0.2) is 0 Å². The maximum Gasteiger partial charge on any atom is 1.00 e. The number of rotatable bonds is 0. The summed E-state index contributed by atoms with van der Waals surface area (Å²) in [7, 11) is 0. The molecule has 0 aromatic heterocycles. The fourth-order valence-electron chi connectivity index (χ4n) is 0. The molecule has 12 heavy (non-hydrogen) atoms. The molecule has 7 nitrogen and oxygen atoms in total. The fraction of sp³-hybridized carbons (Fsp3) is 0. The van der Waals surface area contributed by atoms with E-state index in [2.05, 4.69) is 0 Å². The predicted octanol–water partition coefficient (Wildman–Crippen LogP) is -13.3. The molecule has 1 N–H and O–H groups in total. The summed E-state index contributed by atoms with van der Waals surface area (Å²) >= 11 is 0. The molecule has 0 spiro atoms. The number of carboxylic acid groups (broad SMARTS) is 2. The van der Waals surface area contributed by atoms with Crippen LogP contribution in [0.25, 0.3) is 0 Å². The van der Waals surface area contributed by atoms with E-state index in [0.717, 1.165) is 0 Å². The maximum absolute atomic E-state index is 8.44. The van der Waals surface area contributed by atoms with Crippen LogP contribution in [0, 0.1) is 15.3 Å². The molecule has 0 bridgehead atoms. The molecule has 0 aliphatic carbocycles. The normalized spacial score (nSPS) is 4.00. The maximum atomic E-state index is 8.44. The monoisotopic (exact) mass is 227 g/mol. The Morgan fingerprint density at radius 3 is 1.17 bits per heavy atom. The Kier molecular flexibility index (Phi) is 90.9. The Labute approximate surface area is 140 Å². The van der Waals surface area contributed by atoms with Crippen molar-refractivity contribution < 1.29 is 121 Å². The molecule has 0 radical (unpaired) electrons. The van der Waals surface area contributed by atoms with E-state index in [0.29, 0.717) is 0 Å². The molecule has 0 fully saturated rings. The zero-order valence-corrected chi connectivity index (χ0v) is 13.6. The van der Waals surface area contributed by atoms with Gasteiger partial charge in [0.2, 0.25) is 6.16 Å². The number of halogens is 1. The van der Waals surface area contributed by atoms with Gasteiger partial charge in [-0.2, -0.15) is 0 Å². The second-order valence-electron chi connectivity index (χ2n) is 0.490. The quantitative estimate of drug-likeness (QED) is 0.249. The summed E-state index contributed by atoms with van der Waals surface area (Å²) in [5.41, 5.74) is 0. The van der Waals surface area contributed by atoms with Crippen molar-refractivity contribution >= 4 is 6.16 Å². The van der Waals surface area contributed by atoms with Crippen LogP contribution in [0.4, 0.5) is 4.79 Å². The van der Waals surface area contributed by atoms with E-state index in [1.54, 1.807) is 0 Å². The van der Waals surface area contributed by atoms with Gasteiger partial charge in [0.15, 0.2) is 0 Å². The van der Waals surface area contributed by atoms with Gasteiger partial charge in [-0.1, -0.05) is 0 Å².